The molecule has 1 atom stereocenters. The van der Waals surface area contributed by atoms with Crippen LogP contribution in [0.2, 0.25) is 0 Å². The van der Waals surface area contributed by atoms with E-state index in [0.717, 1.165) is 21.9 Å². The summed E-state index contributed by atoms with van der Waals surface area (Å²) >= 11 is 0. The van der Waals surface area contributed by atoms with E-state index in [9.17, 15) is 4.79 Å². The molecule has 17 heavy (non-hydrogen) atoms. The second-order valence-corrected chi connectivity index (χ2v) is 4.13. The Morgan fingerprint density at radius 1 is 1.53 bits per heavy atom. The van der Waals surface area contributed by atoms with E-state index >= 15 is 0 Å². The maximum Gasteiger partial charge on any atom is 0.243 e. The van der Waals surface area contributed by atoms with Crippen molar-refractivity contribution in [1.82, 2.24) is 5.01 Å². The number of nitrogens with two attached hydrogens (primary N) is 1. The summed E-state index contributed by atoms with van der Waals surface area (Å²) in [6.45, 7) is 6.40. The van der Waals surface area contributed by atoms with E-state index in [-0.39, 0.29) is 11.8 Å². The Hall–Kier alpha value is -1.55. The van der Waals surface area contributed by atoms with Crippen LogP contribution in [0.15, 0.2) is 18.2 Å². The Kier molecular flexibility index (Phi) is 4.52. The quantitative estimate of drug-likeness (QED) is 0.493. The van der Waals surface area contributed by atoms with E-state index in [2.05, 4.69) is 0 Å². The highest BCUT2D eigenvalue weighted by Gasteiger charge is 2.18. The van der Waals surface area contributed by atoms with Crippen molar-refractivity contribution in [3.63, 3.8) is 0 Å². The van der Waals surface area contributed by atoms with Gasteiger partial charge in [0, 0.05) is 7.05 Å². The van der Waals surface area contributed by atoms with Gasteiger partial charge in [-0.25, -0.2) is 5.84 Å². The van der Waals surface area contributed by atoms with Crippen molar-refractivity contribution in [2.45, 2.75) is 26.7 Å². The van der Waals surface area contributed by atoms with Crippen LogP contribution in [0.5, 0.6) is 5.75 Å². The molecule has 1 unspecified atom stereocenters. The fraction of sp³-hybridized carbons (Fsp3) is 0.462. The molecule has 0 aliphatic heterocycles. The van der Waals surface area contributed by atoms with Crippen molar-refractivity contribution in [3.05, 3.63) is 29.3 Å². The topological polar surface area (TPSA) is 55.6 Å². The zero-order valence-corrected chi connectivity index (χ0v) is 10.9. The van der Waals surface area contributed by atoms with Gasteiger partial charge >= 0.3 is 0 Å². The fourth-order valence-electron chi connectivity index (χ4n) is 1.71. The summed E-state index contributed by atoms with van der Waals surface area (Å²) in [7, 11) is 1.56. The third kappa shape index (κ3) is 3.20. The average Bonchev–Trinajstić information content (AvgIpc) is 2.30. The predicted octanol–water partition coefficient (Wildman–Crippen LogP) is 1.83. The number of rotatable bonds is 4. The molecular weight excluding hydrogens is 216 g/mol. The third-order valence-electron chi connectivity index (χ3n) is 2.72. The van der Waals surface area contributed by atoms with Gasteiger partial charge in [0.1, 0.15) is 5.75 Å². The van der Waals surface area contributed by atoms with E-state index in [1.54, 1.807) is 7.05 Å². The van der Waals surface area contributed by atoms with Gasteiger partial charge in [0.15, 0.2) is 0 Å². The molecule has 0 saturated carbocycles. The SMILES string of the molecule is CCOc1ccc(C(C)C(=O)N(C)N)cc1C. The first-order valence-electron chi connectivity index (χ1n) is 5.73. The van der Waals surface area contributed by atoms with Crippen LogP contribution in [0.3, 0.4) is 0 Å². The van der Waals surface area contributed by atoms with Gasteiger partial charge in [-0.3, -0.25) is 9.80 Å². The number of hydrogen-bond acceptors (Lipinski definition) is 3. The Labute approximate surface area is 102 Å². The second kappa shape index (κ2) is 5.68. The second-order valence-electron chi connectivity index (χ2n) is 4.13. The Morgan fingerprint density at radius 2 is 2.18 bits per heavy atom. The zero-order chi connectivity index (χ0) is 13.0. The summed E-state index contributed by atoms with van der Waals surface area (Å²) in [6.07, 6.45) is 0. The fourth-order valence-corrected chi connectivity index (χ4v) is 1.71. The van der Waals surface area contributed by atoms with Crippen molar-refractivity contribution in [3.8, 4) is 5.75 Å². The predicted molar refractivity (Wildman–Crippen MR) is 67.7 cm³/mol. The van der Waals surface area contributed by atoms with Gasteiger partial charge in [-0.15, -0.1) is 0 Å². The van der Waals surface area contributed by atoms with E-state index < -0.39 is 0 Å². The lowest BCUT2D eigenvalue weighted by Gasteiger charge is -2.17. The van der Waals surface area contributed by atoms with Crippen LogP contribution in [-0.2, 0) is 4.79 Å². The van der Waals surface area contributed by atoms with E-state index in [1.165, 1.54) is 0 Å². The van der Waals surface area contributed by atoms with Gasteiger partial charge in [0.05, 0.1) is 12.5 Å². The summed E-state index contributed by atoms with van der Waals surface area (Å²) in [5.74, 6) is 5.97. The largest absolute Gasteiger partial charge is 0.494 e. The van der Waals surface area contributed by atoms with Crippen molar-refractivity contribution < 1.29 is 9.53 Å². The summed E-state index contributed by atoms with van der Waals surface area (Å²) in [5, 5.41) is 1.12. The van der Waals surface area contributed by atoms with Gasteiger partial charge in [-0.05, 0) is 38.0 Å². The van der Waals surface area contributed by atoms with Crippen LogP contribution in [0.25, 0.3) is 0 Å². The van der Waals surface area contributed by atoms with Crippen LogP contribution in [0.4, 0.5) is 0 Å². The number of amides is 1. The molecule has 2 N–H and O–H groups in total. The summed E-state index contributed by atoms with van der Waals surface area (Å²) in [5.41, 5.74) is 1.98. The minimum absolute atomic E-state index is 0.103. The third-order valence-corrected chi connectivity index (χ3v) is 2.72. The van der Waals surface area contributed by atoms with Crippen molar-refractivity contribution in [2.75, 3.05) is 13.7 Å². The number of ether oxygens (including phenoxy) is 1. The molecule has 0 fully saturated rings. The first-order valence-corrected chi connectivity index (χ1v) is 5.73. The van der Waals surface area contributed by atoms with Gasteiger partial charge in [-0.2, -0.15) is 0 Å². The molecule has 0 aliphatic rings. The van der Waals surface area contributed by atoms with Crippen molar-refractivity contribution >= 4 is 5.91 Å². The first kappa shape index (κ1) is 13.5. The molecule has 4 heteroatoms. The van der Waals surface area contributed by atoms with Gasteiger partial charge in [0.25, 0.3) is 0 Å². The van der Waals surface area contributed by atoms with Gasteiger partial charge < -0.3 is 4.74 Å². The first-order chi connectivity index (χ1) is 7.97. The molecule has 0 aromatic heterocycles. The molecule has 1 rings (SSSR count). The number of likely N-dealkylation sites (N-methyl/N-ethyl adjacent to an activating group) is 1. The monoisotopic (exact) mass is 236 g/mol. The Balaban J connectivity index is 2.93. The summed E-state index contributed by atoms with van der Waals surface area (Å²) < 4.78 is 5.46. The van der Waals surface area contributed by atoms with Crippen LogP contribution in [-0.4, -0.2) is 24.6 Å². The highest BCUT2D eigenvalue weighted by atomic mass is 16.5. The molecule has 1 aromatic carbocycles. The molecule has 1 aromatic rings. The smallest absolute Gasteiger partial charge is 0.243 e. The molecule has 0 radical (unpaired) electrons. The molecule has 0 spiro atoms. The summed E-state index contributed by atoms with van der Waals surface area (Å²) in [4.78, 5) is 11.7. The number of hydrazine groups is 1. The lowest BCUT2D eigenvalue weighted by Crippen LogP contribution is -2.36. The van der Waals surface area contributed by atoms with Crippen molar-refractivity contribution in [2.24, 2.45) is 5.84 Å². The number of hydrogen-bond donors (Lipinski definition) is 1. The maximum absolute atomic E-state index is 11.7. The Bertz CT molecular complexity index is 402. The van der Waals surface area contributed by atoms with Gasteiger partial charge in [0.2, 0.25) is 5.91 Å². The lowest BCUT2D eigenvalue weighted by molar-refractivity contribution is -0.131. The van der Waals surface area contributed by atoms with Crippen molar-refractivity contribution in [1.29, 1.82) is 0 Å². The summed E-state index contributed by atoms with van der Waals surface area (Å²) in [6, 6.07) is 5.77. The number of carbonyl (C=O) groups is 1. The van der Waals surface area contributed by atoms with E-state index in [0.29, 0.717) is 6.61 Å². The number of carbonyl (C=O) groups excluding carboxylic acids is 1. The van der Waals surface area contributed by atoms with Crippen LogP contribution >= 0.6 is 0 Å². The molecular formula is C13H20N2O2. The van der Waals surface area contributed by atoms with Crippen LogP contribution in [0, 0.1) is 6.92 Å². The maximum atomic E-state index is 11.7. The molecule has 94 valence electrons. The molecule has 0 aliphatic carbocycles. The highest BCUT2D eigenvalue weighted by Crippen LogP contribution is 2.24. The van der Waals surface area contributed by atoms with Gasteiger partial charge in [-0.1, -0.05) is 12.1 Å². The standard InChI is InChI=1S/C13H20N2O2/c1-5-17-12-7-6-11(8-9(12)2)10(3)13(16)15(4)14/h6-8,10H,5,14H2,1-4H3. The number of aryl methyl sites for hydroxylation is 1. The molecule has 4 nitrogen and oxygen atoms in total. The molecule has 0 saturated heterocycles. The molecule has 1 amide bonds. The molecule has 0 bridgehead atoms. The number of benzene rings is 1. The minimum atomic E-state index is -0.237. The zero-order valence-electron chi connectivity index (χ0n) is 10.9. The minimum Gasteiger partial charge on any atom is -0.494 e. The average molecular weight is 236 g/mol. The van der Waals surface area contributed by atoms with Crippen LogP contribution in [0.1, 0.15) is 30.9 Å². The van der Waals surface area contributed by atoms with E-state index in [4.69, 9.17) is 10.6 Å². The highest BCUT2D eigenvalue weighted by molar-refractivity contribution is 5.82. The lowest BCUT2D eigenvalue weighted by atomic mass is 9.98. The number of nitrogens with zero attached hydrogens (tertiary/aromatic N) is 1. The normalized spacial score (nSPS) is 12.1. The van der Waals surface area contributed by atoms with Crippen LogP contribution < -0.4 is 10.6 Å². The Morgan fingerprint density at radius 3 is 2.65 bits per heavy atom. The molecule has 0 heterocycles. The van der Waals surface area contributed by atoms with E-state index in [1.807, 2.05) is 39.0 Å².